The first kappa shape index (κ1) is 18.8. The van der Waals surface area contributed by atoms with Crippen LogP contribution in [0.3, 0.4) is 0 Å². The summed E-state index contributed by atoms with van der Waals surface area (Å²) in [5.74, 6) is 0. The van der Waals surface area contributed by atoms with Crippen molar-refractivity contribution in [2.75, 3.05) is 22.7 Å². The Kier molecular flexibility index (Phi) is 5.28. The Labute approximate surface area is 157 Å². The van der Waals surface area contributed by atoms with Crippen molar-refractivity contribution in [3.8, 4) is 0 Å². The molecule has 2 aromatic carbocycles. The highest BCUT2D eigenvalue weighted by molar-refractivity contribution is 7.92. The third-order valence-corrected chi connectivity index (χ3v) is 6.60. The number of aryl methyl sites for hydroxylation is 3. The van der Waals surface area contributed by atoms with Crippen molar-refractivity contribution in [3.63, 3.8) is 0 Å². The van der Waals surface area contributed by atoms with Gasteiger partial charge < -0.3 is 4.90 Å². The molecule has 1 aliphatic rings. The lowest BCUT2D eigenvalue weighted by atomic mass is 10.0. The van der Waals surface area contributed by atoms with Crippen LogP contribution in [0.5, 0.6) is 0 Å². The first-order valence-corrected chi connectivity index (χ1v) is 10.8. The van der Waals surface area contributed by atoms with Crippen molar-refractivity contribution >= 4 is 21.4 Å². The second kappa shape index (κ2) is 7.31. The minimum absolute atomic E-state index is 0.303. The Hall–Kier alpha value is -2.01. The van der Waals surface area contributed by atoms with Crippen LogP contribution in [0, 0.1) is 20.8 Å². The third-order valence-electron chi connectivity index (χ3n) is 5.23. The van der Waals surface area contributed by atoms with E-state index < -0.39 is 10.0 Å². The predicted molar refractivity (Wildman–Crippen MR) is 109 cm³/mol. The van der Waals surface area contributed by atoms with Crippen molar-refractivity contribution in [2.24, 2.45) is 0 Å². The van der Waals surface area contributed by atoms with Crippen molar-refractivity contribution < 1.29 is 8.42 Å². The van der Waals surface area contributed by atoms with E-state index in [1.54, 1.807) is 12.1 Å². The number of nitrogens with zero attached hydrogens (tertiary/aromatic N) is 1. The summed E-state index contributed by atoms with van der Waals surface area (Å²) < 4.78 is 28.6. The van der Waals surface area contributed by atoms with E-state index in [0.29, 0.717) is 10.6 Å². The Morgan fingerprint density at radius 3 is 2.19 bits per heavy atom. The fourth-order valence-electron chi connectivity index (χ4n) is 3.86. The van der Waals surface area contributed by atoms with Crippen molar-refractivity contribution in [1.82, 2.24) is 0 Å². The predicted octanol–water partition coefficient (Wildman–Crippen LogP) is 4.58. The van der Waals surface area contributed by atoms with Crippen LogP contribution in [0.25, 0.3) is 0 Å². The molecule has 0 spiro atoms. The summed E-state index contributed by atoms with van der Waals surface area (Å²) in [6.07, 6.45) is 3.28. The average Bonchev–Trinajstić information content (AvgIpc) is 3.12. The molecule has 140 valence electrons. The van der Waals surface area contributed by atoms with Crippen LogP contribution in [0.4, 0.5) is 11.4 Å². The molecule has 0 radical (unpaired) electrons. The largest absolute Gasteiger partial charge is 0.371 e. The molecule has 1 N–H and O–H groups in total. The van der Waals surface area contributed by atoms with E-state index in [4.69, 9.17) is 0 Å². The molecule has 3 rings (SSSR count). The molecular formula is C21H28N2O2S. The monoisotopic (exact) mass is 372 g/mol. The van der Waals surface area contributed by atoms with Crippen LogP contribution in [-0.4, -0.2) is 21.5 Å². The number of benzene rings is 2. The maximum Gasteiger partial charge on any atom is 0.261 e. The lowest BCUT2D eigenvalue weighted by molar-refractivity contribution is 0.601. The van der Waals surface area contributed by atoms with Gasteiger partial charge in [-0.15, -0.1) is 0 Å². The van der Waals surface area contributed by atoms with Gasteiger partial charge in [-0.3, -0.25) is 4.72 Å². The SMILES string of the molecule is CCc1ccc(S(=O)(=O)Nc2c(C)cc(C)c(N3CCCC3)c2C)cc1. The van der Waals surface area contributed by atoms with E-state index >= 15 is 0 Å². The summed E-state index contributed by atoms with van der Waals surface area (Å²) in [7, 11) is -3.60. The van der Waals surface area contributed by atoms with Gasteiger partial charge in [-0.1, -0.05) is 25.1 Å². The normalized spacial score (nSPS) is 14.7. The maximum atomic E-state index is 12.9. The summed E-state index contributed by atoms with van der Waals surface area (Å²) in [4.78, 5) is 2.68. The van der Waals surface area contributed by atoms with Gasteiger partial charge in [0, 0.05) is 18.8 Å². The molecule has 4 nitrogen and oxygen atoms in total. The number of hydrogen-bond donors (Lipinski definition) is 1. The van der Waals surface area contributed by atoms with Crippen LogP contribution < -0.4 is 9.62 Å². The molecule has 0 aliphatic carbocycles. The molecular weight excluding hydrogens is 344 g/mol. The standard InChI is InChI=1S/C21H28N2O2S/c1-5-18-8-10-19(11-9-18)26(24,25)22-20-15(2)14-16(3)21(17(20)4)23-12-6-7-13-23/h8-11,14,22H,5-7,12-13H2,1-4H3. The molecule has 1 heterocycles. The Morgan fingerprint density at radius 2 is 1.62 bits per heavy atom. The quantitative estimate of drug-likeness (QED) is 0.836. The average molecular weight is 373 g/mol. The van der Waals surface area contributed by atoms with E-state index in [2.05, 4.69) is 29.5 Å². The van der Waals surface area contributed by atoms with Gasteiger partial charge in [0.15, 0.2) is 0 Å². The lowest BCUT2D eigenvalue weighted by Gasteiger charge is -2.26. The van der Waals surface area contributed by atoms with Gasteiger partial charge in [0.1, 0.15) is 0 Å². The summed E-state index contributed by atoms with van der Waals surface area (Å²) in [6.45, 7) is 10.2. The smallest absolute Gasteiger partial charge is 0.261 e. The van der Waals surface area contributed by atoms with Gasteiger partial charge in [-0.25, -0.2) is 8.42 Å². The lowest BCUT2D eigenvalue weighted by Crippen LogP contribution is -2.22. The Balaban J connectivity index is 1.99. The Bertz CT molecular complexity index is 897. The van der Waals surface area contributed by atoms with E-state index in [1.807, 2.05) is 26.0 Å². The third kappa shape index (κ3) is 3.58. The summed E-state index contributed by atoms with van der Waals surface area (Å²) in [5, 5.41) is 0. The van der Waals surface area contributed by atoms with E-state index in [0.717, 1.165) is 36.2 Å². The molecule has 2 aromatic rings. The zero-order chi connectivity index (χ0) is 18.9. The first-order chi connectivity index (χ1) is 12.3. The topological polar surface area (TPSA) is 49.4 Å². The number of rotatable bonds is 5. The molecule has 0 saturated carbocycles. The molecule has 5 heteroatoms. The minimum atomic E-state index is -3.60. The highest BCUT2D eigenvalue weighted by Crippen LogP contribution is 2.36. The summed E-state index contributed by atoms with van der Waals surface area (Å²) in [5.41, 5.74) is 6.18. The van der Waals surface area contributed by atoms with Crippen LogP contribution in [0.2, 0.25) is 0 Å². The Morgan fingerprint density at radius 1 is 1.00 bits per heavy atom. The van der Waals surface area contributed by atoms with Gasteiger partial charge in [-0.05, 0) is 74.4 Å². The van der Waals surface area contributed by atoms with Crippen molar-refractivity contribution in [3.05, 3.63) is 52.6 Å². The fraction of sp³-hybridized carbons (Fsp3) is 0.429. The van der Waals surface area contributed by atoms with Crippen LogP contribution in [0.1, 0.15) is 42.0 Å². The van der Waals surface area contributed by atoms with Crippen LogP contribution in [-0.2, 0) is 16.4 Å². The molecule has 0 aromatic heterocycles. The van der Waals surface area contributed by atoms with Gasteiger partial charge in [-0.2, -0.15) is 0 Å². The number of nitrogens with one attached hydrogen (secondary N) is 1. The molecule has 0 bridgehead atoms. The molecule has 0 atom stereocenters. The second-order valence-corrected chi connectivity index (χ2v) is 8.84. The van der Waals surface area contributed by atoms with Crippen LogP contribution in [0.15, 0.2) is 35.2 Å². The molecule has 26 heavy (non-hydrogen) atoms. The molecule has 1 saturated heterocycles. The zero-order valence-electron chi connectivity index (χ0n) is 16.1. The highest BCUT2D eigenvalue weighted by atomic mass is 32.2. The molecule has 0 unspecified atom stereocenters. The molecule has 0 amide bonds. The highest BCUT2D eigenvalue weighted by Gasteiger charge is 2.22. The minimum Gasteiger partial charge on any atom is -0.371 e. The summed E-state index contributed by atoms with van der Waals surface area (Å²) >= 11 is 0. The maximum absolute atomic E-state index is 12.9. The number of anilines is 2. The summed E-state index contributed by atoms with van der Waals surface area (Å²) in [6, 6.07) is 9.19. The first-order valence-electron chi connectivity index (χ1n) is 9.31. The van der Waals surface area contributed by atoms with Crippen molar-refractivity contribution in [2.45, 2.75) is 51.9 Å². The van der Waals surface area contributed by atoms with Crippen molar-refractivity contribution in [1.29, 1.82) is 0 Å². The zero-order valence-corrected chi connectivity index (χ0v) is 16.9. The molecule has 1 fully saturated rings. The number of hydrogen-bond acceptors (Lipinski definition) is 3. The fourth-order valence-corrected chi connectivity index (χ4v) is 5.05. The van der Waals surface area contributed by atoms with Gasteiger partial charge in [0.25, 0.3) is 10.0 Å². The van der Waals surface area contributed by atoms with Gasteiger partial charge in [0.05, 0.1) is 10.6 Å². The van der Waals surface area contributed by atoms with E-state index in [9.17, 15) is 8.42 Å². The van der Waals surface area contributed by atoms with Crippen LogP contribution >= 0.6 is 0 Å². The van der Waals surface area contributed by atoms with E-state index in [-0.39, 0.29) is 0 Å². The second-order valence-electron chi connectivity index (χ2n) is 7.16. The number of sulfonamides is 1. The van der Waals surface area contributed by atoms with Gasteiger partial charge >= 0.3 is 0 Å². The van der Waals surface area contributed by atoms with Gasteiger partial charge in [0.2, 0.25) is 0 Å². The molecule has 1 aliphatic heterocycles. The van der Waals surface area contributed by atoms with E-state index in [1.165, 1.54) is 24.1 Å².